The molecule has 1 saturated heterocycles. The molecule has 0 N–H and O–H groups in total. The van der Waals surface area contributed by atoms with Crippen molar-refractivity contribution in [2.75, 3.05) is 19.7 Å². The first kappa shape index (κ1) is 21.4. The second-order valence-corrected chi connectivity index (χ2v) is 9.51. The van der Waals surface area contributed by atoms with Crippen molar-refractivity contribution in [2.24, 2.45) is 0 Å². The Balaban J connectivity index is 2.14. The molecule has 0 unspecified atom stereocenters. The van der Waals surface area contributed by atoms with E-state index in [2.05, 4.69) is 0 Å². The molecule has 2 rings (SSSR count). The number of piperidine rings is 1. The molecule has 0 saturated carbocycles. The molecular weight excluding hydrogens is 370 g/mol. The minimum absolute atomic E-state index is 0.0831. The van der Waals surface area contributed by atoms with Gasteiger partial charge in [-0.3, -0.25) is 0 Å². The van der Waals surface area contributed by atoms with E-state index in [4.69, 9.17) is 9.47 Å². The first-order valence-corrected chi connectivity index (χ1v) is 10.4. The van der Waals surface area contributed by atoms with E-state index in [0.29, 0.717) is 18.7 Å². The third-order valence-corrected chi connectivity index (χ3v) is 6.14. The lowest BCUT2D eigenvalue weighted by atomic mass is 10.1. The SMILES string of the molecule is Cc1ccc(C(=O)OCC(=O)OC(C)(C)C)cc1S(=O)(=O)N1CCCCC1. The third-order valence-electron chi connectivity index (χ3n) is 4.10. The van der Waals surface area contributed by atoms with Crippen LogP contribution >= 0.6 is 0 Å². The van der Waals surface area contributed by atoms with Gasteiger partial charge in [-0.15, -0.1) is 0 Å². The Morgan fingerprint density at radius 3 is 2.33 bits per heavy atom. The second kappa shape index (κ2) is 8.39. The summed E-state index contributed by atoms with van der Waals surface area (Å²) in [5, 5.41) is 0. The third kappa shape index (κ3) is 5.77. The van der Waals surface area contributed by atoms with Crippen LogP contribution in [0.3, 0.4) is 0 Å². The molecule has 150 valence electrons. The molecule has 1 fully saturated rings. The van der Waals surface area contributed by atoms with Crippen molar-refractivity contribution in [1.29, 1.82) is 0 Å². The van der Waals surface area contributed by atoms with Crippen LogP contribution in [0.1, 0.15) is 56.0 Å². The van der Waals surface area contributed by atoms with Gasteiger partial charge in [0.1, 0.15) is 5.60 Å². The molecule has 1 aromatic rings. The number of nitrogens with zero attached hydrogens (tertiary/aromatic N) is 1. The normalized spacial score (nSPS) is 16.0. The standard InChI is InChI=1S/C19H27NO6S/c1-14-8-9-15(18(22)25-13-17(21)26-19(2,3)4)12-16(14)27(23,24)20-10-6-5-7-11-20/h8-9,12H,5-7,10-11,13H2,1-4H3. The number of ether oxygens (including phenoxy) is 2. The Hall–Kier alpha value is -1.93. The zero-order chi connectivity index (χ0) is 20.2. The van der Waals surface area contributed by atoms with Crippen molar-refractivity contribution in [3.8, 4) is 0 Å². The van der Waals surface area contributed by atoms with Crippen molar-refractivity contribution in [1.82, 2.24) is 4.31 Å². The van der Waals surface area contributed by atoms with Crippen molar-refractivity contribution >= 4 is 22.0 Å². The maximum absolute atomic E-state index is 12.9. The lowest BCUT2D eigenvalue weighted by Crippen LogP contribution is -2.36. The quantitative estimate of drug-likeness (QED) is 0.710. The molecule has 1 aliphatic heterocycles. The monoisotopic (exact) mass is 397 g/mol. The maximum atomic E-state index is 12.9. The van der Waals surface area contributed by atoms with Crippen LogP contribution in [-0.4, -0.2) is 50.0 Å². The molecule has 8 heteroatoms. The highest BCUT2D eigenvalue weighted by Gasteiger charge is 2.28. The zero-order valence-electron chi connectivity index (χ0n) is 16.3. The zero-order valence-corrected chi connectivity index (χ0v) is 17.1. The number of esters is 2. The Morgan fingerprint density at radius 1 is 1.11 bits per heavy atom. The molecule has 1 aliphatic rings. The van der Waals surface area contributed by atoms with Gasteiger partial charge in [0.2, 0.25) is 10.0 Å². The number of sulfonamides is 1. The van der Waals surface area contributed by atoms with Gasteiger partial charge in [-0.25, -0.2) is 18.0 Å². The van der Waals surface area contributed by atoms with E-state index in [-0.39, 0.29) is 10.5 Å². The van der Waals surface area contributed by atoms with E-state index < -0.39 is 34.2 Å². The van der Waals surface area contributed by atoms with Gasteiger partial charge in [0.15, 0.2) is 6.61 Å². The van der Waals surface area contributed by atoms with Gasteiger partial charge in [-0.2, -0.15) is 4.31 Å². The van der Waals surface area contributed by atoms with Gasteiger partial charge in [0.05, 0.1) is 10.5 Å². The van der Waals surface area contributed by atoms with Crippen molar-refractivity contribution in [3.63, 3.8) is 0 Å². The number of carbonyl (C=O) groups excluding carboxylic acids is 2. The van der Waals surface area contributed by atoms with Crippen LogP contribution in [0.25, 0.3) is 0 Å². The van der Waals surface area contributed by atoms with Gasteiger partial charge in [-0.05, 0) is 58.2 Å². The first-order valence-electron chi connectivity index (χ1n) is 9.00. The highest BCUT2D eigenvalue weighted by atomic mass is 32.2. The average Bonchev–Trinajstić information content (AvgIpc) is 2.59. The van der Waals surface area contributed by atoms with Gasteiger partial charge in [0, 0.05) is 13.1 Å². The summed E-state index contributed by atoms with van der Waals surface area (Å²) in [4.78, 5) is 24.0. The van der Waals surface area contributed by atoms with E-state index in [1.165, 1.54) is 16.4 Å². The molecule has 27 heavy (non-hydrogen) atoms. The molecule has 1 heterocycles. The molecule has 0 aromatic heterocycles. The molecular formula is C19H27NO6S. The summed E-state index contributed by atoms with van der Waals surface area (Å²) in [5.41, 5.74) is -0.0349. The van der Waals surface area contributed by atoms with Crippen molar-refractivity contribution in [3.05, 3.63) is 29.3 Å². The average molecular weight is 397 g/mol. The molecule has 0 aliphatic carbocycles. The molecule has 0 bridgehead atoms. The van der Waals surface area contributed by atoms with Crippen molar-refractivity contribution in [2.45, 2.75) is 57.5 Å². The van der Waals surface area contributed by atoms with Crippen LogP contribution in [-0.2, 0) is 24.3 Å². The van der Waals surface area contributed by atoms with E-state index >= 15 is 0 Å². The number of rotatable bonds is 5. The van der Waals surface area contributed by atoms with Crippen LogP contribution < -0.4 is 0 Å². The summed E-state index contributed by atoms with van der Waals surface area (Å²) in [6, 6.07) is 4.37. The highest BCUT2D eigenvalue weighted by Crippen LogP contribution is 2.24. The molecule has 0 spiro atoms. The lowest BCUT2D eigenvalue weighted by molar-refractivity contribution is -0.158. The smallest absolute Gasteiger partial charge is 0.344 e. The number of carbonyl (C=O) groups is 2. The van der Waals surface area contributed by atoms with Crippen LogP contribution in [0.15, 0.2) is 23.1 Å². The minimum atomic E-state index is -3.67. The van der Waals surface area contributed by atoms with Gasteiger partial charge in [-0.1, -0.05) is 12.5 Å². The predicted octanol–water partition coefficient (Wildman–Crippen LogP) is 2.67. The molecule has 7 nitrogen and oxygen atoms in total. The number of aryl methyl sites for hydroxylation is 1. The minimum Gasteiger partial charge on any atom is -0.457 e. The van der Waals surface area contributed by atoms with E-state index in [1.807, 2.05) is 0 Å². The van der Waals surface area contributed by atoms with Crippen LogP contribution in [0.4, 0.5) is 0 Å². The fourth-order valence-electron chi connectivity index (χ4n) is 2.83. The topological polar surface area (TPSA) is 90.0 Å². The number of hydrogen-bond donors (Lipinski definition) is 0. The number of benzene rings is 1. The van der Waals surface area contributed by atoms with E-state index in [0.717, 1.165) is 19.3 Å². The fourth-order valence-corrected chi connectivity index (χ4v) is 4.60. The Bertz CT molecular complexity index is 804. The fraction of sp³-hybridized carbons (Fsp3) is 0.579. The second-order valence-electron chi connectivity index (χ2n) is 7.61. The predicted molar refractivity (Wildman–Crippen MR) is 99.9 cm³/mol. The van der Waals surface area contributed by atoms with E-state index in [1.54, 1.807) is 33.8 Å². The summed E-state index contributed by atoms with van der Waals surface area (Å²) >= 11 is 0. The van der Waals surface area contributed by atoms with Gasteiger partial charge in [0.25, 0.3) is 0 Å². The summed E-state index contributed by atoms with van der Waals surface area (Å²) in [6.45, 7) is 7.26. The molecule has 0 amide bonds. The first-order chi connectivity index (χ1) is 12.5. The Labute approximate surface area is 160 Å². The maximum Gasteiger partial charge on any atom is 0.344 e. The summed E-state index contributed by atoms with van der Waals surface area (Å²) in [6.07, 6.45) is 2.67. The molecule has 1 aromatic carbocycles. The lowest BCUT2D eigenvalue weighted by Gasteiger charge is -2.26. The van der Waals surface area contributed by atoms with Crippen LogP contribution in [0, 0.1) is 6.92 Å². The van der Waals surface area contributed by atoms with Crippen molar-refractivity contribution < 1.29 is 27.5 Å². The largest absolute Gasteiger partial charge is 0.457 e. The van der Waals surface area contributed by atoms with Crippen LogP contribution in [0.5, 0.6) is 0 Å². The summed E-state index contributed by atoms with van der Waals surface area (Å²) < 4.78 is 37.3. The highest BCUT2D eigenvalue weighted by molar-refractivity contribution is 7.89. The summed E-state index contributed by atoms with van der Waals surface area (Å²) in [5.74, 6) is -1.43. The van der Waals surface area contributed by atoms with Gasteiger partial charge >= 0.3 is 11.9 Å². The van der Waals surface area contributed by atoms with Crippen LogP contribution in [0.2, 0.25) is 0 Å². The summed E-state index contributed by atoms with van der Waals surface area (Å²) in [7, 11) is -3.67. The van der Waals surface area contributed by atoms with E-state index in [9.17, 15) is 18.0 Å². The Morgan fingerprint density at radius 2 is 1.74 bits per heavy atom. The number of hydrogen-bond acceptors (Lipinski definition) is 6. The Kier molecular flexibility index (Phi) is 6.64. The van der Waals surface area contributed by atoms with Gasteiger partial charge < -0.3 is 9.47 Å². The molecule has 0 atom stereocenters. The molecule has 0 radical (unpaired) electrons.